The SMILES string of the molecule is C1=CNN2C=NC=CC2=C1. The molecule has 1 N–H and O–H groups in total. The van der Waals surface area contributed by atoms with E-state index in [9.17, 15) is 0 Å². The zero-order valence-corrected chi connectivity index (χ0v) is 5.36. The van der Waals surface area contributed by atoms with Crippen LogP contribution in [0.15, 0.2) is 41.3 Å². The van der Waals surface area contributed by atoms with E-state index in [2.05, 4.69) is 10.4 Å². The third-order valence-corrected chi connectivity index (χ3v) is 1.37. The number of hydrogen-bond acceptors (Lipinski definition) is 3. The van der Waals surface area contributed by atoms with Crippen LogP contribution in [-0.2, 0) is 0 Å². The number of hydrogen-bond donors (Lipinski definition) is 1. The second kappa shape index (κ2) is 2.02. The van der Waals surface area contributed by atoms with Gasteiger partial charge in [0.2, 0.25) is 0 Å². The predicted molar refractivity (Wildman–Crippen MR) is 39.8 cm³/mol. The van der Waals surface area contributed by atoms with Gasteiger partial charge in [-0.25, -0.2) is 10.0 Å². The Morgan fingerprint density at radius 3 is 3.40 bits per heavy atom. The van der Waals surface area contributed by atoms with Gasteiger partial charge in [-0.2, -0.15) is 0 Å². The summed E-state index contributed by atoms with van der Waals surface area (Å²) in [5.41, 5.74) is 4.11. The van der Waals surface area contributed by atoms with E-state index in [0.717, 1.165) is 5.70 Å². The lowest BCUT2D eigenvalue weighted by Gasteiger charge is -2.23. The maximum Gasteiger partial charge on any atom is 0.115 e. The molecule has 2 rings (SSSR count). The number of nitrogens with one attached hydrogen (secondary N) is 1. The Bertz CT molecular complexity index is 248. The molecule has 3 heteroatoms. The average molecular weight is 133 g/mol. The van der Waals surface area contributed by atoms with Gasteiger partial charge in [-0.3, -0.25) is 0 Å². The Morgan fingerprint density at radius 2 is 2.50 bits per heavy atom. The van der Waals surface area contributed by atoms with Crippen molar-refractivity contribution in [1.29, 1.82) is 0 Å². The third-order valence-electron chi connectivity index (χ3n) is 1.37. The van der Waals surface area contributed by atoms with Crippen LogP contribution < -0.4 is 5.43 Å². The zero-order chi connectivity index (χ0) is 6.81. The van der Waals surface area contributed by atoms with E-state index in [1.807, 2.05) is 29.4 Å². The molecule has 0 fully saturated rings. The first-order valence-corrected chi connectivity index (χ1v) is 3.09. The van der Waals surface area contributed by atoms with E-state index in [1.54, 1.807) is 12.5 Å². The lowest BCUT2D eigenvalue weighted by molar-refractivity contribution is 0.458. The summed E-state index contributed by atoms with van der Waals surface area (Å²) < 4.78 is 0. The standard InChI is InChI=1S/C7H7N3/c1-2-7-3-5-8-6-10(7)9-4-1/h1-6,9H. The first-order chi connectivity index (χ1) is 4.97. The number of fused-ring (bicyclic) bond motifs is 1. The van der Waals surface area contributed by atoms with Crippen molar-refractivity contribution < 1.29 is 0 Å². The summed E-state index contributed by atoms with van der Waals surface area (Å²) in [6, 6.07) is 0. The molecule has 2 aliphatic rings. The van der Waals surface area contributed by atoms with Crippen molar-refractivity contribution in [2.45, 2.75) is 0 Å². The average Bonchev–Trinajstić information content (AvgIpc) is 2.05. The van der Waals surface area contributed by atoms with Gasteiger partial charge in [0.1, 0.15) is 6.34 Å². The Morgan fingerprint density at radius 1 is 1.50 bits per heavy atom. The molecule has 0 radical (unpaired) electrons. The van der Waals surface area contributed by atoms with E-state index in [4.69, 9.17) is 0 Å². The van der Waals surface area contributed by atoms with Crippen LogP contribution in [0.2, 0.25) is 0 Å². The van der Waals surface area contributed by atoms with Gasteiger partial charge in [-0.05, 0) is 18.2 Å². The molecule has 2 heterocycles. The van der Waals surface area contributed by atoms with Crippen molar-refractivity contribution in [3.63, 3.8) is 0 Å². The van der Waals surface area contributed by atoms with Crippen LogP contribution in [0.1, 0.15) is 0 Å². The highest BCUT2D eigenvalue weighted by atomic mass is 15.5. The molecule has 0 bridgehead atoms. The number of hydrazine groups is 1. The first-order valence-electron chi connectivity index (χ1n) is 3.09. The van der Waals surface area contributed by atoms with Crippen molar-refractivity contribution in [2.24, 2.45) is 4.99 Å². The largest absolute Gasteiger partial charge is 0.300 e. The highest BCUT2D eigenvalue weighted by molar-refractivity contribution is 5.62. The van der Waals surface area contributed by atoms with E-state index in [-0.39, 0.29) is 0 Å². The van der Waals surface area contributed by atoms with Gasteiger partial charge in [-0.15, -0.1) is 0 Å². The number of aliphatic imine (C=N–C) groups is 1. The molecular weight excluding hydrogens is 126 g/mol. The van der Waals surface area contributed by atoms with Crippen molar-refractivity contribution in [3.05, 3.63) is 36.3 Å². The maximum atomic E-state index is 3.94. The fraction of sp³-hybridized carbons (Fsp3) is 0. The highest BCUT2D eigenvalue weighted by Crippen LogP contribution is 2.08. The van der Waals surface area contributed by atoms with Crippen LogP contribution in [0.25, 0.3) is 0 Å². The summed E-state index contributed by atoms with van der Waals surface area (Å²) in [5.74, 6) is 0. The first kappa shape index (κ1) is 5.29. The van der Waals surface area contributed by atoms with Gasteiger partial charge in [0.05, 0.1) is 5.70 Å². The molecular formula is C7H7N3. The van der Waals surface area contributed by atoms with Gasteiger partial charge in [0.15, 0.2) is 0 Å². The van der Waals surface area contributed by atoms with E-state index < -0.39 is 0 Å². The van der Waals surface area contributed by atoms with Crippen LogP contribution in [-0.4, -0.2) is 11.3 Å². The summed E-state index contributed by atoms with van der Waals surface area (Å²) in [4.78, 5) is 3.94. The van der Waals surface area contributed by atoms with Gasteiger partial charge in [0.25, 0.3) is 0 Å². The molecule has 0 aromatic rings. The molecule has 3 nitrogen and oxygen atoms in total. The molecule has 0 atom stereocenters. The minimum Gasteiger partial charge on any atom is -0.300 e. The van der Waals surface area contributed by atoms with Gasteiger partial charge in [0, 0.05) is 12.4 Å². The molecule has 0 unspecified atom stereocenters. The van der Waals surface area contributed by atoms with E-state index in [0.29, 0.717) is 0 Å². The maximum absolute atomic E-state index is 3.94. The summed E-state index contributed by atoms with van der Waals surface area (Å²) in [5, 5.41) is 1.85. The minimum absolute atomic E-state index is 1.11. The minimum atomic E-state index is 1.11. The van der Waals surface area contributed by atoms with Gasteiger partial charge < -0.3 is 5.43 Å². The third kappa shape index (κ3) is 0.719. The Kier molecular flexibility index (Phi) is 1.07. The van der Waals surface area contributed by atoms with Crippen molar-refractivity contribution in [2.75, 3.05) is 0 Å². The van der Waals surface area contributed by atoms with Crippen LogP contribution >= 0.6 is 0 Å². The molecule has 10 heavy (non-hydrogen) atoms. The number of rotatable bonds is 0. The van der Waals surface area contributed by atoms with Crippen LogP contribution in [0.3, 0.4) is 0 Å². The monoisotopic (exact) mass is 133 g/mol. The lowest BCUT2D eigenvalue weighted by Crippen LogP contribution is -2.34. The fourth-order valence-corrected chi connectivity index (χ4v) is 0.885. The molecule has 2 aliphatic heterocycles. The predicted octanol–water partition coefficient (Wildman–Crippen LogP) is 0.760. The van der Waals surface area contributed by atoms with Crippen molar-refractivity contribution in [1.82, 2.24) is 10.4 Å². The second-order valence-corrected chi connectivity index (χ2v) is 2.03. The second-order valence-electron chi connectivity index (χ2n) is 2.03. The van der Waals surface area contributed by atoms with Gasteiger partial charge >= 0.3 is 0 Å². The summed E-state index contributed by atoms with van der Waals surface area (Å²) in [7, 11) is 0. The van der Waals surface area contributed by atoms with Crippen molar-refractivity contribution >= 4 is 6.34 Å². The molecule has 0 aromatic carbocycles. The number of nitrogens with zero attached hydrogens (tertiary/aromatic N) is 2. The van der Waals surface area contributed by atoms with E-state index in [1.165, 1.54) is 0 Å². The Labute approximate surface area is 59.0 Å². The molecule has 0 saturated carbocycles. The van der Waals surface area contributed by atoms with Gasteiger partial charge in [-0.1, -0.05) is 0 Å². The molecule has 0 saturated heterocycles. The molecule has 0 aliphatic carbocycles. The van der Waals surface area contributed by atoms with Crippen LogP contribution in [0, 0.1) is 0 Å². The summed E-state index contributed by atoms with van der Waals surface area (Å²) >= 11 is 0. The summed E-state index contributed by atoms with van der Waals surface area (Å²) in [6.07, 6.45) is 11.3. The Balaban J connectivity index is 2.34. The quantitative estimate of drug-likeness (QED) is 0.528. The molecule has 0 spiro atoms. The molecule has 0 amide bonds. The topological polar surface area (TPSA) is 27.6 Å². The number of allylic oxidation sites excluding steroid dienone is 3. The molecule has 0 aromatic heterocycles. The zero-order valence-electron chi connectivity index (χ0n) is 5.36. The van der Waals surface area contributed by atoms with Crippen LogP contribution in [0.5, 0.6) is 0 Å². The van der Waals surface area contributed by atoms with E-state index >= 15 is 0 Å². The fourth-order valence-electron chi connectivity index (χ4n) is 0.885. The Hall–Kier alpha value is -1.51. The van der Waals surface area contributed by atoms with Crippen molar-refractivity contribution in [3.8, 4) is 0 Å². The summed E-state index contributed by atoms with van der Waals surface area (Å²) in [6.45, 7) is 0. The normalized spacial score (nSPS) is 20.0. The lowest BCUT2D eigenvalue weighted by atomic mass is 10.3. The highest BCUT2D eigenvalue weighted by Gasteiger charge is 2.05. The van der Waals surface area contributed by atoms with Crippen LogP contribution in [0.4, 0.5) is 0 Å². The smallest absolute Gasteiger partial charge is 0.115 e. The molecule has 50 valence electrons.